The van der Waals surface area contributed by atoms with E-state index in [1.165, 1.54) is 6.07 Å². The Balaban J connectivity index is 1.33. The third kappa shape index (κ3) is 4.03. The summed E-state index contributed by atoms with van der Waals surface area (Å²) in [6.45, 7) is -0.0738. The highest BCUT2D eigenvalue weighted by Gasteiger charge is 2.29. The second-order valence-electron chi connectivity index (χ2n) is 7.13. The van der Waals surface area contributed by atoms with Crippen LogP contribution in [0.25, 0.3) is 11.1 Å². The van der Waals surface area contributed by atoms with Crippen LogP contribution in [0.3, 0.4) is 0 Å². The fourth-order valence-electron chi connectivity index (χ4n) is 3.73. The molecule has 0 bridgehead atoms. The molecule has 2 unspecified atom stereocenters. The summed E-state index contributed by atoms with van der Waals surface area (Å²) in [6, 6.07) is 18.4. The summed E-state index contributed by atoms with van der Waals surface area (Å²) in [5.74, 6) is -0.749. The molecule has 2 aromatic carbocycles. The normalized spacial score (nSPS) is 14.5. The summed E-state index contributed by atoms with van der Waals surface area (Å²) >= 11 is 0. The molecule has 0 spiro atoms. The molecule has 1 aromatic heterocycles. The van der Waals surface area contributed by atoms with E-state index in [4.69, 9.17) is 4.74 Å². The Morgan fingerprint density at radius 3 is 2.27 bits per heavy atom. The number of hydrogen-bond acceptors (Lipinski definition) is 5. The van der Waals surface area contributed by atoms with Gasteiger partial charge >= 0.3 is 6.09 Å². The van der Waals surface area contributed by atoms with Crippen molar-refractivity contribution in [3.8, 4) is 11.1 Å². The number of carbonyl (C=O) groups is 1. The van der Waals surface area contributed by atoms with Crippen LogP contribution in [0.5, 0.6) is 0 Å². The van der Waals surface area contributed by atoms with Crippen LogP contribution in [0.1, 0.15) is 28.7 Å². The molecule has 0 radical (unpaired) electrons. The number of aromatic nitrogens is 1. The van der Waals surface area contributed by atoms with Gasteiger partial charge in [0.05, 0.1) is 0 Å². The topological polar surface area (TPSA) is 91.7 Å². The molecule has 4 rings (SSSR count). The highest BCUT2D eigenvalue weighted by atomic mass is 19.1. The predicted molar refractivity (Wildman–Crippen MR) is 108 cm³/mol. The Morgan fingerprint density at radius 2 is 1.67 bits per heavy atom. The van der Waals surface area contributed by atoms with Crippen molar-refractivity contribution >= 4 is 6.09 Å². The smallest absolute Gasteiger partial charge is 0.407 e. The Kier molecular flexibility index (Phi) is 5.74. The molecular formula is C23H21FN2O4. The van der Waals surface area contributed by atoms with E-state index in [1.54, 1.807) is 0 Å². The summed E-state index contributed by atoms with van der Waals surface area (Å²) < 4.78 is 18.3. The van der Waals surface area contributed by atoms with E-state index in [1.807, 2.05) is 36.4 Å². The third-order valence-corrected chi connectivity index (χ3v) is 5.26. The molecule has 2 atom stereocenters. The molecule has 1 heterocycles. The molecule has 0 aliphatic heterocycles. The van der Waals surface area contributed by atoms with Crippen molar-refractivity contribution in [1.82, 2.24) is 10.3 Å². The van der Waals surface area contributed by atoms with E-state index in [0.29, 0.717) is 0 Å². The zero-order valence-electron chi connectivity index (χ0n) is 16.0. The summed E-state index contributed by atoms with van der Waals surface area (Å²) in [7, 11) is 0. The van der Waals surface area contributed by atoms with E-state index in [9.17, 15) is 19.4 Å². The van der Waals surface area contributed by atoms with Gasteiger partial charge in [0, 0.05) is 24.2 Å². The second-order valence-corrected chi connectivity index (χ2v) is 7.13. The van der Waals surface area contributed by atoms with Gasteiger partial charge < -0.3 is 20.3 Å². The Morgan fingerprint density at radius 1 is 1.03 bits per heavy atom. The van der Waals surface area contributed by atoms with Gasteiger partial charge in [-0.2, -0.15) is 4.39 Å². The standard InChI is InChI=1S/C23H21FN2O4/c24-21-10-9-14(11-25-21)22(28)20(27)12-26-23(29)30-13-19-17-7-3-1-5-15(17)16-6-2-4-8-18(16)19/h1-11,19-20,22,27-28H,12-13H2,(H,26,29). The molecule has 0 fully saturated rings. The fourth-order valence-corrected chi connectivity index (χ4v) is 3.73. The molecule has 0 saturated heterocycles. The summed E-state index contributed by atoms with van der Waals surface area (Å²) in [6.07, 6.45) is -2.17. The predicted octanol–water partition coefficient (Wildman–Crippen LogP) is 3.15. The minimum atomic E-state index is -1.31. The molecule has 154 valence electrons. The molecule has 1 aliphatic carbocycles. The van der Waals surface area contributed by atoms with Gasteiger partial charge in [0.1, 0.15) is 18.8 Å². The highest BCUT2D eigenvalue weighted by Crippen LogP contribution is 2.44. The lowest BCUT2D eigenvalue weighted by molar-refractivity contribution is 0.0183. The average Bonchev–Trinajstić information content (AvgIpc) is 3.10. The fraction of sp³-hybridized carbons (Fsp3) is 0.217. The van der Waals surface area contributed by atoms with Crippen LogP contribution in [0.15, 0.2) is 66.9 Å². The highest BCUT2D eigenvalue weighted by molar-refractivity contribution is 5.79. The lowest BCUT2D eigenvalue weighted by Gasteiger charge is -2.19. The zero-order chi connectivity index (χ0) is 21.1. The number of alkyl carbamates (subject to hydrolysis) is 1. The van der Waals surface area contributed by atoms with Gasteiger partial charge in [-0.1, -0.05) is 54.6 Å². The van der Waals surface area contributed by atoms with Crippen molar-refractivity contribution in [3.05, 3.63) is 89.5 Å². The minimum absolute atomic E-state index is 0.0658. The molecule has 3 aromatic rings. The number of aliphatic hydroxyl groups is 2. The SMILES string of the molecule is O=C(NCC(O)C(O)c1ccc(F)nc1)OCC1c2ccccc2-c2ccccc21. The number of hydrogen-bond donors (Lipinski definition) is 3. The van der Waals surface area contributed by atoms with Crippen LogP contribution in [0.4, 0.5) is 9.18 Å². The first kappa shape index (κ1) is 20.0. The largest absolute Gasteiger partial charge is 0.449 e. The molecule has 0 saturated carbocycles. The number of fused-ring (bicyclic) bond motifs is 3. The maximum atomic E-state index is 12.9. The van der Waals surface area contributed by atoms with Crippen LogP contribution in [-0.4, -0.2) is 40.5 Å². The van der Waals surface area contributed by atoms with E-state index in [-0.39, 0.29) is 24.6 Å². The first-order valence-electron chi connectivity index (χ1n) is 9.61. The van der Waals surface area contributed by atoms with Crippen LogP contribution in [0, 0.1) is 5.95 Å². The maximum absolute atomic E-state index is 12.9. The number of nitrogens with one attached hydrogen (secondary N) is 1. The monoisotopic (exact) mass is 408 g/mol. The van der Waals surface area contributed by atoms with E-state index in [0.717, 1.165) is 34.5 Å². The first-order valence-corrected chi connectivity index (χ1v) is 9.61. The molecular weight excluding hydrogens is 387 g/mol. The first-order chi connectivity index (χ1) is 14.5. The second kappa shape index (κ2) is 8.61. The van der Waals surface area contributed by atoms with Crippen molar-refractivity contribution in [2.45, 2.75) is 18.1 Å². The van der Waals surface area contributed by atoms with Crippen LogP contribution in [0.2, 0.25) is 0 Å². The average molecular weight is 408 g/mol. The number of nitrogens with zero attached hydrogens (tertiary/aromatic N) is 1. The van der Waals surface area contributed by atoms with E-state index < -0.39 is 24.2 Å². The number of ether oxygens (including phenoxy) is 1. The summed E-state index contributed by atoms with van der Waals surface area (Å²) in [4.78, 5) is 15.6. The number of pyridine rings is 1. The number of aliphatic hydroxyl groups excluding tert-OH is 2. The van der Waals surface area contributed by atoms with Gasteiger partial charge in [0.15, 0.2) is 0 Å². The quantitative estimate of drug-likeness (QED) is 0.545. The van der Waals surface area contributed by atoms with Gasteiger partial charge in [0.25, 0.3) is 0 Å². The minimum Gasteiger partial charge on any atom is -0.449 e. The van der Waals surface area contributed by atoms with Crippen LogP contribution < -0.4 is 5.32 Å². The molecule has 3 N–H and O–H groups in total. The van der Waals surface area contributed by atoms with Gasteiger partial charge in [-0.05, 0) is 28.3 Å². The number of amides is 1. The summed E-state index contributed by atoms with van der Waals surface area (Å²) in [5, 5.41) is 22.6. The van der Waals surface area contributed by atoms with E-state index in [2.05, 4.69) is 22.4 Å². The molecule has 30 heavy (non-hydrogen) atoms. The molecule has 1 aliphatic rings. The van der Waals surface area contributed by atoms with Crippen molar-refractivity contribution in [3.63, 3.8) is 0 Å². The Bertz CT molecular complexity index is 996. The van der Waals surface area contributed by atoms with Gasteiger partial charge in [0.2, 0.25) is 5.95 Å². The number of halogens is 1. The number of carbonyl (C=O) groups excluding carboxylic acids is 1. The number of rotatable bonds is 6. The van der Waals surface area contributed by atoms with E-state index >= 15 is 0 Å². The zero-order valence-corrected chi connectivity index (χ0v) is 16.0. The van der Waals surface area contributed by atoms with Crippen molar-refractivity contribution in [1.29, 1.82) is 0 Å². The van der Waals surface area contributed by atoms with Crippen molar-refractivity contribution < 1.29 is 24.1 Å². The van der Waals surface area contributed by atoms with Crippen molar-refractivity contribution in [2.24, 2.45) is 0 Å². The number of benzene rings is 2. The van der Waals surface area contributed by atoms with Crippen LogP contribution in [-0.2, 0) is 4.74 Å². The molecule has 6 nitrogen and oxygen atoms in total. The molecule has 7 heteroatoms. The van der Waals surface area contributed by atoms with Crippen LogP contribution >= 0.6 is 0 Å². The summed E-state index contributed by atoms with van der Waals surface area (Å²) in [5.41, 5.74) is 4.72. The Labute approximate surface area is 173 Å². The third-order valence-electron chi connectivity index (χ3n) is 5.26. The molecule has 1 amide bonds. The van der Waals surface area contributed by atoms with Gasteiger partial charge in [-0.3, -0.25) is 0 Å². The lowest BCUT2D eigenvalue weighted by atomic mass is 9.98. The van der Waals surface area contributed by atoms with Gasteiger partial charge in [-0.15, -0.1) is 0 Å². The van der Waals surface area contributed by atoms with Gasteiger partial charge in [-0.25, -0.2) is 9.78 Å². The Hall–Kier alpha value is -3.29. The maximum Gasteiger partial charge on any atom is 0.407 e. The van der Waals surface area contributed by atoms with Crippen molar-refractivity contribution in [2.75, 3.05) is 13.2 Å². The lowest BCUT2D eigenvalue weighted by Crippen LogP contribution is -2.36.